The number of amides is 1. The van der Waals surface area contributed by atoms with Gasteiger partial charge >= 0.3 is 12.1 Å². The molecule has 0 N–H and O–H groups in total. The molecule has 1 unspecified atom stereocenters. The highest BCUT2D eigenvalue weighted by Gasteiger charge is 2.30. The fourth-order valence-electron chi connectivity index (χ4n) is 2.60. The van der Waals surface area contributed by atoms with Gasteiger partial charge in [0.2, 0.25) is 0 Å². The summed E-state index contributed by atoms with van der Waals surface area (Å²) in [4.78, 5) is 27.9. The van der Waals surface area contributed by atoms with Crippen molar-refractivity contribution >= 4 is 12.1 Å². The fraction of sp³-hybridized carbons (Fsp3) is 0.636. The van der Waals surface area contributed by atoms with E-state index in [1.54, 1.807) is 24.1 Å². The molecule has 1 aromatic carbocycles. The van der Waals surface area contributed by atoms with Gasteiger partial charge in [0.15, 0.2) is 0 Å². The summed E-state index contributed by atoms with van der Waals surface area (Å²) in [5.41, 5.74) is 0.621. The van der Waals surface area contributed by atoms with Crippen LogP contribution < -0.4 is 4.74 Å². The Kier molecular flexibility index (Phi) is 8.95. The van der Waals surface area contributed by atoms with Gasteiger partial charge in [-0.2, -0.15) is 0 Å². The topological polar surface area (TPSA) is 59.1 Å². The Hall–Kier alpha value is -2.08. The maximum atomic E-state index is 12.2. The number of ether oxygens (including phenoxy) is 2. The van der Waals surface area contributed by atoms with Gasteiger partial charge in [-0.1, -0.05) is 46.8 Å². The first-order valence-corrected chi connectivity index (χ1v) is 9.80. The molecule has 0 fully saturated rings. The molecular weight excluding hydrogens is 356 g/mol. The summed E-state index contributed by atoms with van der Waals surface area (Å²) in [7, 11) is 5.74. The van der Waals surface area contributed by atoms with Gasteiger partial charge in [-0.05, 0) is 44.8 Å². The van der Waals surface area contributed by atoms with Crippen molar-refractivity contribution in [1.82, 2.24) is 9.80 Å². The van der Waals surface area contributed by atoms with Crippen LogP contribution in [0, 0.1) is 11.3 Å². The maximum Gasteiger partial charge on any atom is 0.414 e. The standard InChI is InChI=1S/C22H36N2O4/c1-16(2)20(25)28-19(22(3,4)5)17-10-12-18(13-11-17)27-21(26)24(8)15-9-14-23(6)7/h10-13,16,19H,9,14-15H2,1-8H3. The summed E-state index contributed by atoms with van der Waals surface area (Å²) < 4.78 is 11.2. The second-order valence-corrected chi connectivity index (χ2v) is 8.85. The summed E-state index contributed by atoms with van der Waals surface area (Å²) in [6, 6.07) is 7.17. The molecule has 0 saturated carbocycles. The number of rotatable bonds is 8. The fourth-order valence-corrected chi connectivity index (χ4v) is 2.60. The highest BCUT2D eigenvalue weighted by Crippen LogP contribution is 2.37. The molecule has 28 heavy (non-hydrogen) atoms. The van der Waals surface area contributed by atoms with Gasteiger partial charge in [0.25, 0.3) is 0 Å². The molecule has 0 spiro atoms. The van der Waals surface area contributed by atoms with Crippen LogP contribution in [-0.4, -0.2) is 56.1 Å². The van der Waals surface area contributed by atoms with E-state index >= 15 is 0 Å². The van der Waals surface area contributed by atoms with Gasteiger partial charge in [-0.15, -0.1) is 0 Å². The van der Waals surface area contributed by atoms with Crippen LogP contribution in [0.4, 0.5) is 4.79 Å². The van der Waals surface area contributed by atoms with Gasteiger partial charge in [0.1, 0.15) is 11.9 Å². The molecule has 0 aromatic heterocycles. The second kappa shape index (κ2) is 10.5. The lowest BCUT2D eigenvalue weighted by molar-refractivity contribution is -0.159. The third-order valence-corrected chi connectivity index (χ3v) is 4.29. The normalized spacial score (nSPS) is 12.8. The second-order valence-electron chi connectivity index (χ2n) is 8.85. The van der Waals surface area contributed by atoms with E-state index < -0.39 is 0 Å². The number of hydrogen-bond acceptors (Lipinski definition) is 5. The average Bonchev–Trinajstić information content (AvgIpc) is 2.58. The van der Waals surface area contributed by atoms with Crippen LogP contribution in [0.15, 0.2) is 24.3 Å². The Morgan fingerprint density at radius 3 is 2.04 bits per heavy atom. The molecule has 1 amide bonds. The van der Waals surface area contributed by atoms with E-state index in [0.717, 1.165) is 18.5 Å². The van der Waals surface area contributed by atoms with E-state index in [0.29, 0.717) is 12.3 Å². The van der Waals surface area contributed by atoms with E-state index in [1.165, 1.54) is 0 Å². The van der Waals surface area contributed by atoms with Gasteiger partial charge < -0.3 is 19.3 Å². The predicted octanol–water partition coefficient (Wildman–Crippen LogP) is 4.36. The number of hydrogen-bond donors (Lipinski definition) is 0. The molecule has 0 saturated heterocycles. The Balaban J connectivity index is 2.77. The Bertz CT molecular complexity index is 633. The van der Waals surface area contributed by atoms with Gasteiger partial charge in [0, 0.05) is 19.0 Å². The van der Waals surface area contributed by atoms with Crippen LogP contribution in [0.5, 0.6) is 5.75 Å². The third-order valence-electron chi connectivity index (χ3n) is 4.29. The number of esters is 1. The van der Waals surface area contributed by atoms with Crippen LogP contribution in [-0.2, 0) is 9.53 Å². The molecule has 158 valence electrons. The minimum Gasteiger partial charge on any atom is -0.457 e. The smallest absolute Gasteiger partial charge is 0.414 e. The minimum atomic E-state index is -0.384. The van der Waals surface area contributed by atoms with Gasteiger partial charge in [0.05, 0.1) is 5.92 Å². The van der Waals surface area contributed by atoms with Crippen LogP contribution in [0.1, 0.15) is 52.7 Å². The van der Waals surface area contributed by atoms with Gasteiger partial charge in [-0.25, -0.2) is 4.79 Å². The van der Waals surface area contributed by atoms with E-state index in [1.807, 2.05) is 60.8 Å². The molecule has 0 aliphatic rings. The lowest BCUT2D eigenvalue weighted by atomic mass is 9.84. The first-order chi connectivity index (χ1) is 12.9. The van der Waals surface area contributed by atoms with Crippen LogP contribution in [0.2, 0.25) is 0 Å². The number of benzene rings is 1. The molecule has 0 heterocycles. The molecule has 0 aliphatic carbocycles. The van der Waals surface area contributed by atoms with Crippen molar-refractivity contribution in [2.75, 3.05) is 34.2 Å². The SMILES string of the molecule is CC(C)C(=O)OC(c1ccc(OC(=O)N(C)CCCN(C)C)cc1)C(C)(C)C. The number of carbonyl (C=O) groups excluding carboxylic acids is 2. The first kappa shape index (κ1) is 24.0. The van der Waals surface area contributed by atoms with Gasteiger partial charge in [-0.3, -0.25) is 4.79 Å². The number of nitrogens with zero attached hydrogens (tertiary/aromatic N) is 2. The van der Waals surface area contributed by atoms with Crippen molar-refractivity contribution in [2.45, 2.75) is 47.1 Å². The molecule has 6 heteroatoms. The third kappa shape index (κ3) is 7.89. The van der Waals surface area contributed by atoms with E-state index in [9.17, 15) is 9.59 Å². The predicted molar refractivity (Wildman–Crippen MR) is 111 cm³/mol. The molecular formula is C22H36N2O4. The van der Waals surface area contributed by atoms with E-state index in [-0.39, 0.29) is 29.5 Å². The monoisotopic (exact) mass is 392 g/mol. The lowest BCUT2D eigenvalue weighted by Gasteiger charge is -2.31. The highest BCUT2D eigenvalue weighted by molar-refractivity contribution is 5.72. The summed E-state index contributed by atoms with van der Waals surface area (Å²) in [6.45, 7) is 11.3. The van der Waals surface area contributed by atoms with Crippen molar-refractivity contribution in [2.24, 2.45) is 11.3 Å². The average molecular weight is 393 g/mol. The molecule has 1 aromatic rings. The largest absolute Gasteiger partial charge is 0.457 e. The molecule has 1 atom stereocenters. The van der Waals surface area contributed by atoms with Crippen molar-refractivity contribution in [3.05, 3.63) is 29.8 Å². The zero-order valence-corrected chi connectivity index (χ0v) is 18.6. The molecule has 0 bridgehead atoms. The summed E-state index contributed by atoms with van der Waals surface area (Å²) in [5.74, 6) is 0.0546. The van der Waals surface area contributed by atoms with E-state index in [2.05, 4.69) is 4.90 Å². The Morgan fingerprint density at radius 1 is 1.00 bits per heavy atom. The van der Waals surface area contributed by atoms with Crippen molar-refractivity contribution < 1.29 is 19.1 Å². The van der Waals surface area contributed by atoms with Crippen LogP contribution in [0.3, 0.4) is 0 Å². The molecule has 1 rings (SSSR count). The van der Waals surface area contributed by atoms with Crippen LogP contribution in [0.25, 0.3) is 0 Å². The molecule has 0 aliphatic heterocycles. The summed E-state index contributed by atoms with van der Waals surface area (Å²) in [6.07, 6.45) is 0.123. The highest BCUT2D eigenvalue weighted by atomic mass is 16.6. The quantitative estimate of drug-likeness (QED) is 0.616. The zero-order valence-electron chi connectivity index (χ0n) is 18.6. The molecule has 0 radical (unpaired) electrons. The first-order valence-electron chi connectivity index (χ1n) is 9.80. The lowest BCUT2D eigenvalue weighted by Crippen LogP contribution is -2.32. The Labute approximate surface area is 169 Å². The summed E-state index contributed by atoms with van der Waals surface area (Å²) >= 11 is 0. The van der Waals surface area contributed by atoms with Crippen LogP contribution >= 0.6 is 0 Å². The Morgan fingerprint density at radius 2 is 1.57 bits per heavy atom. The maximum absolute atomic E-state index is 12.2. The molecule has 6 nitrogen and oxygen atoms in total. The van der Waals surface area contributed by atoms with Crippen molar-refractivity contribution in [1.29, 1.82) is 0 Å². The zero-order chi connectivity index (χ0) is 21.5. The number of carbonyl (C=O) groups is 2. The summed E-state index contributed by atoms with van der Waals surface area (Å²) in [5, 5.41) is 0. The van der Waals surface area contributed by atoms with Crippen molar-refractivity contribution in [3.8, 4) is 5.75 Å². The van der Waals surface area contributed by atoms with Crippen molar-refractivity contribution in [3.63, 3.8) is 0 Å². The van der Waals surface area contributed by atoms with E-state index in [4.69, 9.17) is 9.47 Å². The minimum absolute atomic E-state index is 0.187.